The van der Waals surface area contributed by atoms with Crippen LogP contribution in [0.2, 0.25) is 0 Å². The van der Waals surface area contributed by atoms with Crippen LogP contribution in [-0.2, 0) is 14.1 Å². The van der Waals surface area contributed by atoms with Crippen molar-refractivity contribution in [1.29, 1.82) is 0 Å². The van der Waals surface area contributed by atoms with Crippen molar-refractivity contribution >= 4 is 30.7 Å². The standard InChI is InChI=1S/C25H32FN6O6P/c1-15(2)37-24(34)17(4)32(39(35,36)38-18-8-6-5-7-9-18)12-25(11-26)16(3)19(10-20(25)33)31-14-30-21-22(27)28-13-29-23(21)31/h5-9,13-15,17,19-20,33H,3,10-12H2,1-2,4H3,(H,35,36)(H2,27,28,29)/t17-,19-,20-,25-/m0/s1. The highest BCUT2D eigenvalue weighted by molar-refractivity contribution is 7.50. The third-order valence-corrected chi connectivity index (χ3v) is 8.55. The van der Waals surface area contributed by atoms with E-state index in [-0.39, 0.29) is 23.6 Å². The van der Waals surface area contributed by atoms with Crippen LogP contribution in [0.3, 0.4) is 0 Å². The molecule has 1 fully saturated rings. The van der Waals surface area contributed by atoms with Gasteiger partial charge in [-0.3, -0.25) is 4.79 Å². The third kappa shape index (κ3) is 5.40. The molecule has 0 bridgehead atoms. The van der Waals surface area contributed by atoms with Gasteiger partial charge in [0.15, 0.2) is 11.5 Å². The van der Waals surface area contributed by atoms with Crippen molar-refractivity contribution in [3.05, 3.63) is 55.1 Å². The second-order valence-corrected chi connectivity index (χ2v) is 11.5. The summed E-state index contributed by atoms with van der Waals surface area (Å²) in [7, 11) is -4.81. The predicted molar refractivity (Wildman–Crippen MR) is 141 cm³/mol. The molecular formula is C25H32FN6O6P. The van der Waals surface area contributed by atoms with E-state index in [0.717, 1.165) is 4.67 Å². The fraction of sp³-hybridized carbons (Fsp3) is 0.440. The van der Waals surface area contributed by atoms with Gasteiger partial charge in [-0.15, -0.1) is 0 Å². The number of benzene rings is 1. The van der Waals surface area contributed by atoms with Crippen molar-refractivity contribution in [1.82, 2.24) is 24.2 Å². The Kier molecular flexibility index (Phi) is 8.08. The molecule has 2 heterocycles. The fourth-order valence-electron chi connectivity index (χ4n) is 4.79. The Morgan fingerprint density at radius 2 is 2.00 bits per heavy atom. The maximum absolute atomic E-state index is 15.1. The summed E-state index contributed by atoms with van der Waals surface area (Å²) in [5.41, 5.74) is 5.08. The molecule has 1 saturated carbocycles. The van der Waals surface area contributed by atoms with E-state index in [0.29, 0.717) is 11.2 Å². The number of aliphatic hydroxyl groups excluding tert-OH is 1. The third-order valence-electron chi connectivity index (χ3n) is 6.96. The van der Waals surface area contributed by atoms with Crippen LogP contribution in [-0.4, -0.2) is 71.6 Å². The zero-order chi connectivity index (χ0) is 28.5. The summed E-state index contributed by atoms with van der Waals surface area (Å²) < 4.78 is 41.9. The number of hydrogen-bond donors (Lipinski definition) is 3. The van der Waals surface area contributed by atoms with E-state index in [2.05, 4.69) is 21.5 Å². The molecular weight excluding hydrogens is 530 g/mol. The molecule has 0 radical (unpaired) electrons. The number of nitrogens with two attached hydrogens (primary N) is 1. The molecule has 0 spiro atoms. The van der Waals surface area contributed by atoms with Crippen LogP contribution in [0, 0.1) is 5.41 Å². The molecule has 14 heteroatoms. The van der Waals surface area contributed by atoms with Crippen molar-refractivity contribution in [2.75, 3.05) is 19.0 Å². The Bertz CT molecular complexity index is 1400. The number of hydrogen-bond acceptors (Lipinski definition) is 9. The normalized spacial score (nSPS) is 23.7. The first kappa shape index (κ1) is 28.6. The lowest BCUT2D eigenvalue weighted by atomic mass is 9.81. The number of aliphatic hydroxyl groups is 1. The number of imidazole rings is 1. The number of fused-ring (bicyclic) bond motifs is 1. The number of nitrogen functional groups attached to an aromatic ring is 1. The second-order valence-electron chi connectivity index (χ2n) is 9.82. The summed E-state index contributed by atoms with van der Waals surface area (Å²) in [6, 6.07) is 5.85. The number of carbonyl (C=O) groups is 1. The molecule has 1 aromatic carbocycles. The summed E-state index contributed by atoms with van der Waals surface area (Å²) in [4.78, 5) is 36.4. The van der Waals surface area contributed by atoms with E-state index in [9.17, 15) is 19.4 Å². The Labute approximate surface area is 224 Å². The Morgan fingerprint density at radius 3 is 2.64 bits per heavy atom. The average molecular weight is 563 g/mol. The number of aromatic nitrogens is 4. The van der Waals surface area contributed by atoms with E-state index in [4.69, 9.17) is 15.0 Å². The van der Waals surface area contributed by atoms with Gasteiger partial charge in [0.1, 0.15) is 30.3 Å². The highest BCUT2D eigenvalue weighted by atomic mass is 31.2. The van der Waals surface area contributed by atoms with Crippen molar-refractivity contribution < 1.29 is 33.0 Å². The monoisotopic (exact) mass is 562 g/mol. The van der Waals surface area contributed by atoms with Gasteiger partial charge in [0.05, 0.1) is 30.0 Å². The van der Waals surface area contributed by atoms with Crippen molar-refractivity contribution in [2.45, 2.75) is 51.5 Å². The first-order valence-corrected chi connectivity index (χ1v) is 13.9. The molecule has 1 aliphatic carbocycles. The number of esters is 1. The number of nitrogens with zero attached hydrogens (tertiary/aromatic N) is 5. The Balaban J connectivity index is 1.72. The number of para-hydroxylation sites is 1. The van der Waals surface area contributed by atoms with Gasteiger partial charge in [-0.05, 0) is 44.9 Å². The summed E-state index contributed by atoms with van der Waals surface area (Å²) in [5.74, 6) is -0.590. The van der Waals surface area contributed by atoms with Crippen LogP contribution in [0.5, 0.6) is 5.75 Å². The minimum absolute atomic E-state index is 0.00601. The fourth-order valence-corrected chi connectivity index (χ4v) is 6.25. The van der Waals surface area contributed by atoms with E-state index in [1.165, 1.54) is 31.7 Å². The van der Waals surface area contributed by atoms with Crippen LogP contribution >= 0.6 is 7.75 Å². The number of alkyl halides is 1. The molecule has 1 aliphatic rings. The topological polar surface area (TPSA) is 166 Å². The number of halogens is 1. The van der Waals surface area contributed by atoms with Gasteiger partial charge in [-0.2, -0.15) is 4.67 Å². The molecule has 0 aliphatic heterocycles. The van der Waals surface area contributed by atoms with Gasteiger partial charge >= 0.3 is 13.7 Å². The highest BCUT2D eigenvalue weighted by Crippen LogP contribution is 2.55. The molecule has 4 rings (SSSR count). The molecule has 39 heavy (non-hydrogen) atoms. The number of carbonyl (C=O) groups excluding carboxylic acids is 1. The van der Waals surface area contributed by atoms with E-state index >= 15 is 4.39 Å². The number of ether oxygens (including phenoxy) is 1. The zero-order valence-corrected chi connectivity index (χ0v) is 22.7. The molecule has 1 unspecified atom stereocenters. The maximum Gasteiger partial charge on any atom is 0.459 e. The summed E-state index contributed by atoms with van der Waals surface area (Å²) in [6.45, 7) is 7.01. The minimum atomic E-state index is -4.81. The smallest absolute Gasteiger partial charge is 0.459 e. The first-order valence-electron chi connectivity index (χ1n) is 12.3. The minimum Gasteiger partial charge on any atom is -0.462 e. The van der Waals surface area contributed by atoms with Crippen molar-refractivity contribution in [2.24, 2.45) is 5.41 Å². The lowest BCUT2D eigenvalue weighted by molar-refractivity contribution is -0.152. The van der Waals surface area contributed by atoms with E-state index in [1.54, 1.807) is 36.6 Å². The van der Waals surface area contributed by atoms with E-state index < -0.39 is 56.6 Å². The van der Waals surface area contributed by atoms with Gasteiger partial charge < -0.3 is 29.6 Å². The van der Waals surface area contributed by atoms with Crippen LogP contribution in [0.15, 0.2) is 55.1 Å². The summed E-state index contributed by atoms with van der Waals surface area (Å²) >= 11 is 0. The predicted octanol–water partition coefficient (Wildman–Crippen LogP) is 3.05. The van der Waals surface area contributed by atoms with Gasteiger partial charge in [0.25, 0.3) is 0 Å². The molecule has 2 aromatic heterocycles. The molecule has 210 valence electrons. The van der Waals surface area contributed by atoms with Crippen LogP contribution in [0.25, 0.3) is 11.2 Å². The first-order chi connectivity index (χ1) is 18.4. The van der Waals surface area contributed by atoms with Gasteiger partial charge in [0.2, 0.25) is 0 Å². The lowest BCUT2D eigenvalue weighted by Crippen LogP contribution is -2.49. The van der Waals surface area contributed by atoms with Crippen LogP contribution < -0.4 is 10.3 Å². The maximum atomic E-state index is 15.1. The highest BCUT2D eigenvalue weighted by Gasteiger charge is 2.55. The molecule has 12 nitrogen and oxygen atoms in total. The zero-order valence-electron chi connectivity index (χ0n) is 21.8. The molecule has 0 amide bonds. The largest absolute Gasteiger partial charge is 0.462 e. The van der Waals surface area contributed by atoms with Crippen molar-refractivity contribution in [3.63, 3.8) is 0 Å². The Morgan fingerprint density at radius 1 is 1.31 bits per heavy atom. The molecule has 4 N–H and O–H groups in total. The lowest BCUT2D eigenvalue weighted by Gasteiger charge is -2.39. The van der Waals surface area contributed by atoms with E-state index in [1.807, 2.05) is 0 Å². The van der Waals surface area contributed by atoms with Gasteiger partial charge in [-0.25, -0.2) is 23.9 Å². The molecule has 0 saturated heterocycles. The summed E-state index contributed by atoms with van der Waals surface area (Å²) in [6.07, 6.45) is 0.864. The van der Waals surface area contributed by atoms with Crippen LogP contribution in [0.4, 0.5) is 10.2 Å². The molecule has 3 aromatic rings. The van der Waals surface area contributed by atoms with Crippen LogP contribution in [0.1, 0.15) is 33.2 Å². The number of anilines is 1. The average Bonchev–Trinajstić information content (AvgIpc) is 3.42. The SMILES string of the molecule is C=C1[C@@H](n2cnc3c(N)ncnc32)C[C@H](O)[C@@]1(CF)CN([C@@H](C)C(=O)OC(C)C)P(=O)(O)Oc1ccccc1. The van der Waals surface area contributed by atoms with Gasteiger partial charge in [0, 0.05) is 6.54 Å². The number of rotatable bonds is 10. The quantitative estimate of drug-likeness (QED) is 0.189. The van der Waals surface area contributed by atoms with Gasteiger partial charge in [-0.1, -0.05) is 24.8 Å². The summed E-state index contributed by atoms with van der Waals surface area (Å²) in [5, 5.41) is 11.2. The molecule has 5 atom stereocenters. The second kappa shape index (κ2) is 11.0. The van der Waals surface area contributed by atoms with Crippen molar-refractivity contribution in [3.8, 4) is 5.75 Å². The Hall–Kier alpha value is -3.38.